The summed E-state index contributed by atoms with van der Waals surface area (Å²) >= 11 is 0. The number of rotatable bonds is 3. The molecule has 88 valence electrons. The number of ether oxygens (including phenoxy) is 1. The molecule has 16 heavy (non-hydrogen) atoms. The van der Waals surface area contributed by atoms with Crippen LogP contribution in [0.4, 0.5) is 13.2 Å². The van der Waals surface area contributed by atoms with Gasteiger partial charge in [-0.2, -0.15) is 13.2 Å². The Morgan fingerprint density at radius 3 is 2.31 bits per heavy atom. The smallest absolute Gasteiger partial charge is 0.418 e. The molecule has 0 amide bonds. The first-order valence-corrected chi connectivity index (χ1v) is 4.51. The van der Waals surface area contributed by atoms with E-state index in [4.69, 9.17) is 9.84 Å². The molecule has 0 heterocycles. The molecule has 0 bridgehead atoms. The summed E-state index contributed by atoms with van der Waals surface area (Å²) in [5, 5.41) is 8.87. The molecule has 0 saturated heterocycles. The number of aliphatic hydroxyl groups excluding tert-OH is 1. The van der Waals surface area contributed by atoms with Crippen LogP contribution in [0, 0.1) is 0 Å². The number of alkyl halides is 3. The van der Waals surface area contributed by atoms with Crippen LogP contribution < -0.4 is 0 Å². The highest BCUT2D eigenvalue weighted by Crippen LogP contribution is 2.24. The Morgan fingerprint density at radius 2 is 1.88 bits per heavy atom. The summed E-state index contributed by atoms with van der Waals surface area (Å²) in [4.78, 5) is 0. The van der Waals surface area contributed by atoms with Gasteiger partial charge in [-0.05, 0) is 6.08 Å². The molecule has 1 atom stereocenters. The van der Waals surface area contributed by atoms with Crippen molar-refractivity contribution in [3.63, 3.8) is 0 Å². The van der Waals surface area contributed by atoms with Gasteiger partial charge < -0.3 is 9.84 Å². The van der Waals surface area contributed by atoms with Gasteiger partial charge in [0.1, 0.15) is 5.76 Å². The second-order valence-corrected chi connectivity index (χ2v) is 3.09. The summed E-state index contributed by atoms with van der Waals surface area (Å²) in [6, 6.07) is 8.26. The van der Waals surface area contributed by atoms with Crippen molar-refractivity contribution in [3.05, 3.63) is 42.0 Å². The zero-order valence-electron chi connectivity index (χ0n) is 8.53. The quantitative estimate of drug-likeness (QED) is 0.812. The lowest BCUT2D eigenvalue weighted by Gasteiger charge is -2.13. The lowest BCUT2D eigenvalue weighted by molar-refractivity contribution is -0.187. The molecule has 0 saturated carbocycles. The highest BCUT2D eigenvalue weighted by Gasteiger charge is 2.37. The van der Waals surface area contributed by atoms with Crippen molar-refractivity contribution in [3.8, 4) is 0 Å². The average Bonchev–Trinajstić information content (AvgIpc) is 2.25. The van der Waals surface area contributed by atoms with Crippen molar-refractivity contribution in [2.45, 2.75) is 12.3 Å². The SMILES string of the molecule is CO/C(=C\[C@@H](O)C(F)(F)F)c1ccccc1. The molecule has 0 spiro atoms. The zero-order valence-corrected chi connectivity index (χ0v) is 8.53. The summed E-state index contributed by atoms with van der Waals surface area (Å²) < 4.78 is 41.1. The van der Waals surface area contributed by atoms with E-state index in [9.17, 15) is 13.2 Å². The molecule has 0 aromatic heterocycles. The van der Waals surface area contributed by atoms with Crippen LogP contribution in [0.3, 0.4) is 0 Å². The summed E-state index contributed by atoms with van der Waals surface area (Å²) in [7, 11) is 1.25. The monoisotopic (exact) mass is 232 g/mol. The predicted octanol–water partition coefficient (Wildman–Crippen LogP) is 2.60. The van der Waals surface area contributed by atoms with E-state index in [1.165, 1.54) is 7.11 Å². The molecular weight excluding hydrogens is 221 g/mol. The molecule has 0 aliphatic rings. The van der Waals surface area contributed by atoms with E-state index < -0.39 is 12.3 Å². The number of hydrogen-bond acceptors (Lipinski definition) is 2. The van der Waals surface area contributed by atoms with E-state index in [1.54, 1.807) is 30.3 Å². The molecule has 1 aromatic rings. The highest BCUT2D eigenvalue weighted by molar-refractivity contribution is 5.60. The minimum atomic E-state index is -4.68. The molecular formula is C11H11F3O2. The molecule has 1 aromatic carbocycles. The molecule has 5 heteroatoms. The largest absolute Gasteiger partial charge is 0.496 e. The van der Waals surface area contributed by atoms with Crippen LogP contribution in [0.2, 0.25) is 0 Å². The van der Waals surface area contributed by atoms with Crippen LogP contribution in [-0.4, -0.2) is 24.5 Å². The molecule has 1 rings (SSSR count). The maximum Gasteiger partial charge on any atom is 0.418 e. The van der Waals surface area contributed by atoms with Crippen LogP contribution in [-0.2, 0) is 4.74 Å². The maximum atomic E-state index is 12.1. The number of methoxy groups -OCH3 is 1. The third-order valence-corrected chi connectivity index (χ3v) is 1.92. The highest BCUT2D eigenvalue weighted by atomic mass is 19.4. The number of benzene rings is 1. The van der Waals surface area contributed by atoms with E-state index in [0.717, 1.165) is 0 Å². The van der Waals surface area contributed by atoms with Crippen LogP contribution in [0.15, 0.2) is 36.4 Å². The van der Waals surface area contributed by atoms with Crippen LogP contribution in [0.25, 0.3) is 5.76 Å². The molecule has 0 aliphatic heterocycles. The Morgan fingerprint density at radius 1 is 1.31 bits per heavy atom. The lowest BCUT2D eigenvalue weighted by Crippen LogP contribution is -2.26. The third kappa shape index (κ3) is 3.27. The van der Waals surface area contributed by atoms with Gasteiger partial charge in [0.2, 0.25) is 0 Å². The topological polar surface area (TPSA) is 29.5 Å². The van der Waals surface area contributed by atoms with E-state index in [1.807, 2.05) is 0 Å². The maximum absolute atomic E-state index is 12.1. The minimum absolute atomic E-state index is 0.00887. The summed E-state index contributed by atoms with van der Waals surface area (Å²) in [5.41, 5.74) is 0.480. The van der Waals surface area contributed by atoms with Gasteiger partial charge in [-0.3, -0.25) is 0 Å². The van der Waals surface area contributed by atoms with Gasteiger partial charge >= 0.3 is 6.18 Å². The zero-order chi connectivity index (χ0) is 12.2. The Kier molecular flexibility index (Phi) is 3.95. The van der Waals surface area contributed by atoms with Crippen LogP contribution in [0.1, 0.15) is 5.56 Å². The molecule has 2 nitrogen and oxygen atoms in total. The fraction of sp³-hybridized carbons (Fsp3) is 0.273. The fourth-order valence-corrected chi connectivity index (χ4v) is 1.12. The molecule has 0 radical (unpaired) electrons. The van der Waals surface area contributed by atoms with E-state index in [0.29, 0.717) is 11.6 Å². The summed E-state index contributed by atoms with van der Waals surface area (Å²) in [6.45, 7) is 0. The van der Waals surface area contributed by atoms with Gasteiger partial charge in [0.25, 0.3) is 0 Å². The van der Waals surface area contributed by atoms with Gasteiger partial charge in [0, 0.05) is 5.56 Å². The Hall–Kier alpha value is -1.49. The average molecular weight is 232 g/mol. The fourth-order valence-electron chi connectivity index (χ4n) is 1.12. The van der Waals surface area contributed by atoms with Crippen molar-refractivity contribution in [2.24, 2.45) is 0 Å². The van der Waals surface area contributed by atoms with Crippen molar-refractivity contribution < 1.29 is 23.0 Å². The van der Waals surface area contributed by atoms with Crippen molar-refractivity contribution in [1.82, 2.24) is 0 Å². The molecule has 0 unspecified atom stereocenters. The second kappa shape index (κ2) is 5.03. The van der Waals surface area contributed by atoms with E-state index in [-0.39, 0.29) is 5.76 Å². The normalized spacial score (nSPS) is 14.7. The first-order valence-electron chi connectivity index (χ1n) is 4.51. The van der Waals surface area contributed by atoms with Gasteiger partial charge in [-0.15, -0.1) is 0 Å². The number of hydrogen-bond donors (Lipinski definition) is 1. The Labute approximate surface area is 91.0 Å². The predicted molar refractivity (Wildman–Crippen MR) is 53.5 cm³/mol. The first-order chi connectivity index (χ1) is 7.45. The molecule has 0 aliphatic carbocycles. The van der Waals surface area contributed by atoms with Gasteiger partial charge in [0.05, 0.1) is 7.11 Å². The Bertz CT molecular complexity index is 357. The number of aliphatic hydroxyl groups is 1. The van der Waals surface area contributed by atoms with Gasteiger partial charge in [-0.25, -0.2) is 0 Å². The van der Waals surface area contributed by atoms with Crippen molar-refractivity contribution in [1.29, 1.82) is 0 Å². The van der Waals surface area contributed by atoms with E-state index in [2.05, 4.69) is 0 Å². The van der Waals surface area contributed by atoms with Crippen molar-refractivity contribution in [2.75, 3.05) is 7.11 Å². The third-order valence-electron chi connectivity index (χ3n) is 1.92. The van der Waals surface area contributed by atoms with Crippen LogP contribution >= 0.6 is 0 Å². The van der Waals surface area contributed by atoms with Crippen LogP contribution in [0.5, 0.6) is 0 Å². The van der Waals surface area contributed by atoms with E-state index >= 15 is 0 Å². The van der Waals surface area contributed by atoms with Gasteiger partial charge in [0.15, 0.2) is 6.10 Å². The minimum Gasteiger partial charge on any atom is -0.496 e. The van der Waals surface area contributed by atoms with Gasteiger partial charge in [-0.1, -0.05) is 30.3 Å². The summed E-state index contributed by atoms with van der Waals surface area (Å²) in [6.07, 6.45) is -6.57. The molecule has 0 fully saturated rings. The lowest BCUT2D eigenvalue weighted by atomic mass is 10.1. The second-order valence-electron chi connectivity index (χ2n) is 3.09. The first kappa shape index (κ1) is 12.6. The number of halogens is 3. The standard InChI is InChI=1S/C11H11F3O2/c1-16-9(7-10(15)11(12,13)14)8-5-3-2-4-6-8/h2-7,10,15H,1H3/b9-7-/t10-/m1/s1. The van der Waals surface area contributed by atoms with Crippen molar-refractivity contribution >= 4 is 5.76 Å². The summed E-state index contributed by atoms with van der Waals surface area (Å²) in [5.74, 6) is -0.00887. The molecule has 1 N–H and O–H groups in total. The Balaban J connectivity index is 2.95.